The number of H-pyrrole nitrogens is 1. The van der Waals surface area contributed by atoms with Crippen molar-refractivity contribution >= 4 is 17.7 Å². The Balaban J connectivity index is 1.94. The lowest BCUT2D eigenvalue weighted by molar-refractivity contribution is 0.536. The molecule has 1 unspecified atom stereocenters. The minimum atomic E-state index is -0.284. The van der Waals surface area contributed by atoms with E-state index in [2.05, 4.69) is 15.3 Å². The van der Waals surface area contributed by atoms with E-state index in [0.29, 0.717) is 16.9 Å². The summed E-state index contributed by atoms with van der Waals surface area (Å²) >= 11 is 0. The van der Waals surface area contributed by atoms with Gasteiger partial charge in [0.25, 0.3) is 5.82 Å². The number of rotatable bonds is 3. The number of hydrogen-bond donors (Lipinski definition) is 1. The summed E-state index contributed by atoms with van der Waals surface area (Å²) in [6.45, 7) is 0. The van der Waals surface area contributed by atoms with Crippen LogP contribution in [0, 0.1) is 5.82 Å². The standard InChI is InChI=1S/C18H14FN4/c19-17-10-5-4-9-15(17)16-13-20-22-18(16)23(12-6-11-21-23)14-7-2-1-3-8-14/h1-13H,(H,20,22)/q+1. The number of para-hydroxylation sites is 1. The molecule has 0 radical (unpaired) electrons. The van der Waals surface area contributed by atoms with Crippen LogP contribution < -0.4 is 4.59 Å². The van der Waals surface area contributed by atoms with Crippen LogP contribution in [0.5, 0.6) is 0 Å². The van der Waals surface area contributed by atoms with Crippen molar-refractivity contribution in [3.05, 3.63) is 78.9 Å². The van der Waals surface area contributed by atoms with Crippen molar-refractivity contribution in [2.45, 2.75) is 0 Å². The first-order valence-corrected chi connectivity index (χ1v) is 7.28. The van der Waals surface area contributed by atoms with E-state index in [0.717, 1.165) is 5.69 Å². The van der Waals surface area contributed by atoms with Crippen LogP contribution in [-0.4, -0.2) is 16.4 Å². The van der Waals surface area contributed by atoms with E-state index in [1.807, 2.05) is 48.7 Å². The zero-order valence-electron chi connectivity index (χ0n) is 12.2. The molecule has 0 aliphatic carbocycles. The van der Waals surface area contributed by atoms with E-state index >= 15 is 0 Å². The molecule has 2 aromatic carbocycles. The van der Waals surface area contributed by atoms with Crippen molar-refractivity contribution in [2.24, 2.45) is 5.10 Å². The van der Waals surface area contributed by atoms with Crippen LogP contribution in [0.3, 0.4) is 0 Å². The Morgan fingerprint density at radius 1 is 0.913 bits per heavy atom. The molecule has 4 nitrogen and oxygen atoms in total. The number of halogens is 1. The van der Waals surface area contributed by atoms with Gasteiger partial charge in [-0.1, -0.05) is 46.1 Å². The first-order valence-electron chi connectivity index (χ1n) is 7.28. The number of aromatic nitrogens is 2. The molecule has 3 aromatic rings. The van der Waals surface area contributed by atoms with Crippen molar-refractivity contribution in [1.82, 2.24) is 14.8 Å². The lowest BCUT2D eigenvalue weighted by Crippen LogP contribution is -2.30. The number of nitrogens with zero attached hydrogens (tertiary/aromatic N) is 3. The SMILES string of the molecule is Fc1ccccc1-c1cn[nH]c1[N+]1(c2ccccc2)C=CC=N1. The lowest BCUT2D eigenvalue weighted by Gasteiger charge is -2.24. The zero-order valence-corrected chi connectivity index (χ0v) is 12.2. The van der Waals surface area contributed by atoms with Gasteiger partial charge in [0.05, 0.1) is 18.0 Å². The highest BCUT2D eigenvalue weighted by Gasteiger charge is 2.38. The summed E-state index contributed by atoms with van der Waals surface area (Å²) in [7, 11) is 0. The Kier molecular flexibility index (Phi) is 3.13. The molecule has 23 heavy (non-hydrogen) atoms. The van der Waals surface area contributed by atoms with Crippen molar-refractivity contribution in [1.29, 1.82) is 0 Å². The van der Waals surface area contributed by atoms with Gasteiger partial charge in [0.15, 0.2) is 5.69 Å². The molecule has 0 spiro atoms. The maximum Gasteiger partial charge on any atom is 0.268 e. The van der Waals surface area contributed by atoms with Crippen LogP contribution in [0.15, 0.2) is 78.2 Å². The number of nitrogens with one attached hydrogen (secondary N) is 1. The predicted molar refractivity (Wildman–Crippen MR) is 89.5 cm³/mol. The van der Waals surface area contributed by atoms with Gasteiger partial charge in [-0.2, -0.15) is 5.10 Å². The van der Waals surface area contributed by atoms with E-state index in [1.165, 1.54) is 6.07 Å². The summed E-state index contributed by atoms with van der Waals surface area (Å²) in [6.07, 6.45) is 7.18. The van der Waals surface area contributed by atoms with Crippen LogP contribution in [0.4, 0.5) is 15.9 Å². The number of quaternary nitrogens is 1. The molecule has 0 saturated carbocycles. The molecule has 2 heterocycles. The highest BCUT2D eigenvalue weighted by molar-refractivity contribution is 5.83. The maximum absolute atomic E-state index is 14.2. The second kappa shape index (κ2) is 5.30. The summed E-state index contributed by atoms with van der Waals surface area (Å²) in [6, 6.07) is 16.5. The third kappa shape index (κ3) is 2.10. The summed E-state index contributed by atoms with van der Waals surface area (Å²) in [5.41, 5.74) is 2.13. The van der Waals surface area contributed by atoms with E-state index in [4.69, 9.17) is 0 Å². The second-order valence-corrected chi connectivity index (χ2v) is 5.24. The molecule has 0 fully saturated rings. The normalized spacial score (nSPS) is 19.3. The third-order valence-electron chi connectivity index (χ3n) is 3.91. The number of allylic oxidation sites excluding steroid dienone is 1. The Bertz CT molecular complexity index is 884. The fourth-order valence-corrected chi connectivity index (χ4v) is 2.83. The summed E-state index contributed by atoms with van der Waals surface area (Å²) < 4.78 is 14.3. The quantitative estimate of drug-likeness (QED) is 0.717. The van der Waals surface area contributed by atoms with Crippen LogP contribution in [0.1, 0.15) is 0 Å². The summed E-state index contributed by atoms with van der Waals surface area (Å²) in [4.78, 5) is 0. The van der Waals surface area contributed by atoms with E-state index in [-0.39, 0.29) is 10.4 Å². The smallest absolute Gasteiger partial charge is 0.229 e. The second-order valence-electron chi connectivity index (χ2n) is 5.24. The molecule has 1 atom stereocenters. The molecule has 112 valence electrons. The van der Waals surface area contributed by atoms with Crippen LogP contribution in [0.2, 0.25) is 0 Å². The third-order valence-corrected chi connectivity index (χ3v) is 3.91. The Labute approximate surface area is 132 Å². The van der Waals surface area contributed by atoms with Gasteiger partial charge in [0.1, 0.15) is 12.0 Å². The van der Waals surface area contributed by atoms with Gasteiger partial charge in [-0.05, 0) is 6.07 Å². The van der Waals surface area contributed by atoms with Crippen molar-refractivity contribution in [2.75, 3.05) is 0 Å². The minimum Gasteiger partial charge on any atom is -0.229 e. The highest BCUT2D eigenvalue weighted by Crippen LogP contribution is 2.42. The first kappa shape index (κ1) is 13.6. The van der Waals surface area contributed by atoms with Crippen LogP contribution in [0.25, 0.3) is 11.1 Å². The molecule has 0 bridgehead atoms. The van der Waals surface area contributed by atoms with Gasteiger partial charge >= 0.3 is 0 Å². The Morgan fingerprint density at radius 3 is 2.43 bits per heavy atom. The number of hydrogen-bond acceptors (Lipinski definition) is 2. The largest absolute Gasteiger partial charge is 0.268 e. The predicted octanol–water partition coefficient (Wildman–Crippen LogP) is 4.37. The number of aromatic amines is 1. The van der Waals surface area contributed by atoms with Gasteiger partial charge in [0.2, 0.25) is 0 Å². The first-order chi connectivity index (χ1) is 11.3. The average molecular weight is 305 g/mol. The van der Waals surface area contributed by atoms with Crippen LogP contribution >= 0.6 is 0 Å². The van der Waals surface area contributed by atoms with Crippen molar-refractivity contribution in [3.63, 3.8) is 0 Å². The van der Waals surface area contributed by atoms with E-state index < -0.39 is 0 Å². The van der Waals surface area contributed by atoms with Crippen LogP contribution in [-0.2, 0) is 0 Å². The van der Waals surface area contributed by atoms with Gasteiger partial charge in [-0.25, -0.2) is 9.49 Å². The molecule has 0 amide bonds. The van der Waals surface area contributed by atoms with Gasteiger partial charge < -0.3 is 0 Å². The fourth-order valence-electron chi connectivity index (χ4n) is 2.83. The van der Waals surface area contributed by atoms with E-state index in [9.17, 15) is 4.39 Å². The molecule has 1 aliphatic heterocycles. The van der Waals surface area contributed by atoms with Crippen molar-refractivity contribution in [3.8, 4) is 11.1 Å². The topological polar surface area (TPSA) is 41.0 Å². The minimum absolute atomic E-state index is 0.102. The molecule has 1 N–H and O–H groups in total. The fraction of sp³-hybridized carbons (Fsp3) is 0. The zero-order chi connectivity index (χ0) is 15.7. The Morgan fingerprint density at radius 2 is 1.70 bits per heavy atom. The molecular formula is C18H14FN4+. The molecular weight excluding hydrogens is 291 g/mol. The molecule has 5 heteroatoms. The van der Waals surface area contributed by atoms with Gasteiger partial charge in [0, 0.05) is 23.8 Å². The van der Waals surface area contributed by atoms with Gasteiger partial charge in [-0.3, -0.25) is 0 Å². The average Bonchev–Trinajstić information content (AvgIpc) is 3.26. The number of benzene rings is 2. The summed E-state index contributed by atoms with van der Waals surface area (Å²) in [5, 5.41) is 11.7. The van der Waals surface area contributed by atoms with Crippen molar-refractivity contribution < 1.29 is 4.39 Å². The molecule has 1 aliphatic rings. The molecule has 4 rings (SSSR count). The van der Waals surface area contributed by atoms with Gasteiger partial charge in [-0.15, -0.1) is 0 Å². The monoisotopic (exact) mass is 305 g/mol. The summed E-state index contributed by atoms with van der Waals surface area (Å²) in [5.74, 6) is 0.416. The highest BCUT2D eigenvalue weighted by atomic mass is 19.1. The molecule has 0 saturated heterocycles. The Hall–Kier alpha value is -3.05. The van der Waals surface area contributed by atoms with E-state index in [1.54, 1.807) is 24.5 Å². The lowest BCUT2D eigenvalue weighted by atomic mass is 10.1. The maximum atomic E-state index is 14.2. The molecule has 1 aromatic heterocycles.